The van der Waals surface area contributed by atoms with Crippen LogP contribution in [0.25, 0.3) is 10.9 Å². The third-order valence-electron chi connectivity index (χ3n) is 6.10. The molecule has 3 heterocycles. The van der Waals surface area contributed by atoms with E-state index in [1.165, 1.54) is 11.1 Å². The van der Waals surface area contributed by atoms with Gasteiger partial charge in [-0.1, -0.05) is 42.5 Å². The van der Waals surface area contributed by atoms with Gasteiger partial charge in [-0.2, -0.15) is 5.10 Å². The Labute approximate surface area is 159 Å². The summed E-state index contributed by atoms with van der Waals surface area (Å²) in [6.45, 7) is 3.78. The second-order valence-corrected chi connectivity index (χ2v) is 7.63. The van der Waals surface area contributed by atoms with Gasteiger partial charge in [-0.25, -0.2) is 0 Å². The Kier molecular flexibility index (Phi) is 4.17. The number of aromatic amines is 1. The van der Waals surface area contributed by atoms with Crippen molar-refractivity contribution in [2.24, 2.45) is 0 Å². The summed E-state index contributed by atoms with van der Waals surface area (Å²) in [6, 6.07) is 17.2. The molecule has 2 aromatic carbocycles. The molecule has 0 bridgehead atoms. The Morgan fingerprint density at radius 3 is 2.56 bits per heavy atom. The summed E-state index contributed by atoms with van der Waals surface area (Å²) < 4.78 is 0. The van der Waals surface area contributed by atoms with Gasteiger partial charge in [0.25, 0.3) is 5.91 Å². The van der Waals surface area contributed by atoms with E-state index in [1.54, 1.807) is 0 Å². The number of likely N-dealkylation sites (tertiary alicyclic amines) is 1. The summed E-state index contributed by atoms with van der Waals surface area (Å²) in [5.41, 5.74) is 4.43. The number of benzene rings is 2. The molecule has 1 aromatic heterocycles. The van der Waals surface area contributed by atoms with Crippen molar-refractivity contribution in [3.8, 4) is 0 Å². The lowest BCUT2D eigenvalue weighted by Gasteiger charge is -2.40. The van der Waals surface area contributed by atoms with Crippen LogP contribution in [0.4, 0.5) is 0 Å². The van der Waals surface area contributed by atoms with E-state index in [0.29, 0.717) is 11.7 Å². The molecule has 5 heteroatoms. The molecule has 0 radical (unpaired) electrons. The number of H-pyrrole nitrogens is 1. The minimum Gasteiger partial charge on any atom is -0.337 e. The standard InChI is InChI=1S/C22H24N4O/c27-22(21-19-7-3-4-8-20(19)23-24-21)25-13-10-18(11-14-25)26-12-9-16-5-1-2-6-17(16)15-26/h1-8,18H,9-15H2,(H,23,24). The molecule has 0 atom stereocenters. The molecular formula is C22H24N4O. The van der Waals surface area contributed by atoms with Gasteiger partial charge in [0.1, 0.15) is 0 Å². The Hall–Kier alpha value is -2.66. The highest BCUT2D eigenvalue weighted by Gasteiger charge is 2.30. The topological polar surface area (TPSA) is 52.2 Å². The molecule has 1 amide bonds. The van der Waals surface area contributed by atoms with Gasteiger partial charge >= 0.3 is 0 Å². The number of nitrogens with zero attached hydrogens (tertiary/aromatic N) is 3. The summed E-state index contributed by atoms with van der Waals surface area (Å²) in [4.78, 5) is 17.5. The zero-order chi connectivity index (χ0) is 18.2. The van der Waals surface area contributed by atoms with Crippen LogP contribution in [0.2, 0.25) is 0 Å². The van der Waals surface area contributed by atoms with Crippen LogP contribution in [-0.4, -0.2) is 51.6 Å². The van der Waals surface area contributed by atoms with Crippen LogP contribution < -0.4 is 0 Å². The third-order valence-corrected chi connectivity index (χ3v) is 6.10. The number of hydrogen-bond acceptors (Lipinski definition) is 3. The van der Waals surface area contributed by atoms with Crippen molar-refractivity contribution in [3.63, 3.8) is 0 Å². The number of nitrogens with one attached hydrogen (secondary N) is 1. The number of carbonyl (C=O) groups excluding carboxylic acids is 1. The molecule has 0 spiro atoms. The molecule has 0 saturated carbocycles. The number of rotatable bonds is 2. The summed E-state index contributed by atoms with van der Waals surface area (Å²) in [5.74, 6) is 0.0508. The van der Waals surface area contributed by atoms with Gasteiger partial charge in [-0.05, 0) is 36.5 Å². The molecule has 5 nitrogen and oxygen atoms in total. The maximum absolute atomic E-state index is 13.0. The van der Waals surface area contributed by atoms with Gasteiger partial charge in [-0.3, -0.25) is 14.8 Å². The monoisotopic (exact) mass is 360 g/mol. The van der Waals surface area contributed by atoms with E-state index in [2.05, 4.69) is 39.4 Å². The van der Waals surface area contributed by atoms with Crippen molar-refractivity contribution in [1.82, 2.24) is 20.0 Å². The van der Waals surface area contributed by atoms with Crippen LogP contribution in [0.3, 0.4) is 0 Å². The van der Waals surface area contributed by atoms with Crippen molar-refractivity contribution >= 4 is 16.8 Å². The quantitative estimate of drug-likeness (QED) is 0.763. The largest absolute Gasteiger partial charge is 0.337 e. The Morgan fingerprint density at radius 2 is 1.70 bits per heavy atom. The Morgan fingerprint density at radius 1 is 0.963 bits per heavy atom. The predicted octanol–water partition coefficient (Wildman–Crippen LogP) is 3.23. The Bertz CT molecular complexity index is 971. The lowest BCUT2D eigenvalue weighted by molar-refractivity contribution is 0.0596. The molecule has 27 heavy (non-hydrogen) atoms. The van der Waals surface area contributed by atoms with Crippen LogP contribution in [-0.2, 0) is 13.0 Å². The molecule has 1 saturated heterocycles. The highest BCUT2D eigenvalue weighted by Crippen LogP contribution is 2.26. The van der Waals surface area contributed by atoms with E-state index < -0.39 is 0 Å². The fourth-order valence-electron chi connectivity index (χ4n) is 4.54. The highest BCUT2D eigenvalue weighted by atomic mass is 16.2. The van der Waals surface area contributed by atoms with Gasteiger partial charge < -0.3 is 4.90 Å². The lowest BCUT2D eigenvalue weighted by atomic mass is 9.95. The van der Waals surface area contributed by atoms with E-state index in [9.17, 15) is 4.79 Å². The molecule has 3 aromatic rings. The summed E-state index contributed by atoms with van der Waals surface area (Å²) in [7, 11) is 0. The molecule has 138 valence electrons. The average molecular weight is 360 g/mol. The van der Waals surface area contributed by atoms with Gasteiger partial charge in [0, 0.05) is 37.6 Å². The highest BCUT2D eigenvalue weighted by molar-refractivity contribution is 6.04. The van der Waals surface area contributed by atoms with E-state index in [-0.39, 0.29) is 5.91 Å². The zero-order valence-electron chi connectivity index (χ0n) is 15.4. The van der Waals surface area contributed by atoms with Crippen molar-refractivity contribution in [3.05, 3.63) is 65.4 Å². The first-order valence-electron chi connectivity index (χ1n) is 9.83. The first-order chi connectivity index (χ1) is 13.3. The van der Waals surface area contributed by atoms with E-state index in [1.807, 2.05) is 29.2 Å². The van der Waals surface area contributed by atoms with E-state index >= 15 is 0 Å². The van der Waals surface area contributed by atoms with Crippen molar-refractivity contribution in [1.29, 1.82) is 0 Å². The van der Waals surface area contributed by atoms with Gasteiger partial charge in [0.2, 0.25) is 0 Å². The SMILES string of the molecule is O=C(c1n[nH]c2ccccc12)N1CCC(N2CCc3ccccc3C2)CC1. The molecule has 1 N–H and O–H groups in total. The van der Waals surface area contributed by atoms with Gasteiger partial charge in [0.15, 0.2) is 5.69 Å². The fourth-order valence-corrected chi connectivity index (χ4v) is 4.54. The van der Waals surface area contributed by atoms with Crippen molar-refractivity contribution in [2.75, 3.05) is 19.6 Å². The first-order valence-corrected chi connectivity index (χ1v) is 9.83. The molecule has 0 aliphatic carbocycles. The van der Waals surface area contributed by atoms with Crippen LogP contribution in [0.1, 0.15) is 34.5 Å². The first kappa shape index (κ1) is 16.5. The number of carbonyl (C=O) groups is 1. The summed E-state index contributed by atoms with van der Waals surface area (Å²) >= 11 is 0. The normalized spacial score (nSPS) is 18.6. The molecule has 2 aliphatic rings. The molecule has 1 fully saturated rings. The smallest absolute Gasteiger partial charge is 0.274 e. The van der Waals surface area contributed by atoms with Gasteiger partial charge in [-0.15, -0.1) is 0 Å². The maximum atomic E-state index is 13.0. The van der Waals surface area contributed by atoms with Gasteiger partial charge in [0.05, 0.1) is 5.52 Å². The number of amides is 1. The number of para-hydroxylation sites is 1. The van der Waals surface area contributed by atoms with E-state index in [4.69, 9.17) is 0 Å². The second-order valence-electron chi connectivity index (χ2n) is 7.63. The zero-order valence-corrected chi connectivity index (χ0v) is 15.4. The summed E-state index contributed by atoms with van der Waals surface area (Å²) in [5, 5.41) is 8.16. The van der Waals surface area contributed by atoms with Crippen LogP contribution in [0.5, 0.6) is 0 Å². The minimum absolute atomic E-state index is 0.0508. The minimum atomic E-state index is 0.0508. The van der Waals surface area contributed by atoms with Crippen molar-refractivity contribution in [2.45, 2.75) is 31.8 Å². The number of piperidine rings is 1. The van der Waals surface area contributed by atoms with Crippen molar-refractivity contribution < 1.29 is 4.79 Å². The summed E-state index contributed by atoms with van der Waals surface area (Å²) in [6.07, 6.45) is 3.21. The molecule has 5 rings (SSSR count). The van der Waals surface area contributed by atoms with Crippen LogP contribution in [0.15, 0.2) is 48.5 Å². The van der Waals surface area contributed by atoms with E-state index in [0.717, 1.165) is 56.3 Å². The maximum Gasteiger partial charge on any atom is 0.274 e. The average Bonchev–Trinajstić information content (AvgIpc) is 3.17. The second kappa shape index (κ2) is 6.82. The number of aromatic nitrogens is 2. The lowest BCUT2D eigenvalue weighted by Crippen LogP contribution is -2.48. The van der Waals surface area contributed by atoms with Crippen LogP contribution in [0, 0.1) is 0 Å². The third kappa shape index (κ3) is 3.02. The number of fused-ring (bicyclic) bond motifs is 2. The molecule has 0 unspecified atom stereocenters. The molecular weight excluding hydrogens is 336 g/mol. The fraction of sp³-hybridized carbons (Fsp3) is 0.364. The Balaban J connectivity index is 1.25. The predicted molar refractivity (Wildman–Crippen MR) is 106 cm³/mol. The molecule has 2 aliphatic heterocycles. The van der Waals surface area contributed by atoms with Crippen LogP contribution >= 0.6 is 0 Å². The number of hydrogen-bond donors (Lipinski definition) is 1.